The van der Waals surface area contributed by atoms with Gasteiger partial charge in [0.15, 0.2) is 11.6 Å². The van der Waals surface area contributed by atoms with Crippen LogP contribution >= 0.6 is 0 Å². The Morgan fingerprint density at radius 3 is 2.63 bits per heavy atom. The minimum Gasteiger partial charge on any atom is -0.453 e. The van der Waals surface area contributed by atoms with E-state index in [2.05, 4.69) is 27.0 Å². The third-order valence-corrected chi connectivity index (χ3v) is 6.43. The lowest BCUT2D eigenvalue weighted by Gasteiger charge is -2.37. The summed E-state index contributed by atoms with van der Waals surface area (Å²) in [5, 5.41) is 0.816. The number of hydrogen-bond donors (Lipinski definition) is 2. The number of fused-ring (bicyclic) bond motifs is 1. The number of H-pyrrole nitrogens is 1. The van der Waals surface area contributed by atoms with Crippen molar-refractivity contribution in [2.24, 2.45) is 5.73 Å². The summed E-state index contributed by atoms with van der Waals surface area (Å²) >= 11 is 0. The number of anilines is 1. The molecule has 0 spiro atoms. The number of carbonyl (C=O) groups excluding carboxylic acids is 1. The Bertz CT molecular complexity index is 1330. The molecule has 2 aromatic heterocycles. The van der Waals surface area contributed by atoms with E-state index in [9.17, 15) is 9.18 Å². The highest BCUT2D eigenvalue weighted by atomic mass is 19.1. The van der Waals surface area contributed by atoms with Gasteiger partial charge in [0, 0.05) is 44.3 Å². The Kier molecular flexibility index (Phi) is 6.37. The number of nitrogens with zero attached hydrogens (tertiary/aromatic N) is 3. The molecular formula is C27H28FN5O2. The average Bonchev–Trinajstić information content (AvgIpc) is 3.27. The van der Waals surface area contributed by atoms with Crippen molar-refractivity contribution in [2.75, 3.05) is 31.1 Å². The Morgan fingerprint density at radius 1 is 1.11 bits per heavy atom. The lowest BCUT2D eigenvalue weighted by molar-refractivity contribution is -0.132. The topological polar surface area (TPSA) is 87.5 Å². The maximum atomic E-state index is 14.9. The van der Waals surface area contributed by atoms with Crippen LogP contribution in [0.3, 0.4) is 0 Å². The van der Waals surface area contributed by atoms with Crippen molar-refractivity contribution in [3.05, 3.63) is 83.9 Å². The summed E-state index contributed by atoms with van der Waals surface area (Å²) in [6.45, 7) is 4.67. The standard InChI is InChI=1S/C27H28FN5O2/c1-18-17-31-26-25(18)24(9-10-30-26)35-23-8-7-19(15-21(23)28)16-22(29)27(34)33-13-11-32(12-14-33)20-5-3-2-4-6-20/h2-10,15,17,22H,11-14,16,29H2,1H3,(H,30,31). The van der Waals surface area contributed by atoms with Crippen LogP contribution in [-0.4, -0.2) is 53.0 Å². The van der Waals surface area contributed by atoms with Crippen LogP contribution in [0.15, 0.2) is 67.0 Å². The van der Waals surface area contributed by atoms with Gasteiger partial charge in [0.1, 0.15) is 11.4 Å². The summed E-state index contributed by atoms with van der Waals surface area (Å²) in [6.07, 6.45) is 3.71. The monoisotopic (exact) mass is 473 g/mol. The predicted octanol–water partition coefficient (Wildman–Crippen LogP) is 4.02. The van der Waals surface area contributed by atoms with Crippen molar-refractivity contribution in [1.82, 2.24) is 14.9 Å². The summed E-state index contributed by atoms with van der Waals surface area (Å²) in [7, 11) is 0. The lowest BCUT2D eigenvalue weighted by Crippen LogP contribution is -2.53. The van der Waals surface area contributed by atoms with Crippen molar-refractivity contribution in [1.29, 1.82) is 0 Å². The van der Waals surface area contributed by atoms with E-state index in [1.165, 1.54) is 6.07 Å². The Morgan fingerprint density at radius 2 is 1.89 bits per heavy atom. The number of aryl methyl sites for hydroxylation is 1. The third kappa shape index (κ3) is 4.83. The SMILES string of the molecule is Cc1c[nH]c2nccc(Oc3ccc(CC(N)C(=O)N4CCN(c5ccccc5)CC4)cc3F)c12. The largest absolute Gasteiger partial charge is 0.453 e. The first-order valence-corrected chi connectivity index (χ1v) is 11.7. The molecule has 0 aliphatic carbocycles. The molecule has 1 atom stereocenters. The zero-order valence-electron chi connectivity index (χ0n) is 19.6. The predicted molar refractivity (Wildman–Crippen MR) is 134 cm³/mol. The molecule has 7 nitrogen and oxygen atoms in total. The number of piperazine rings is 1. The second-order valence-corrected chi connectivity index (χ2v) is 8.83. The van der Waals surface area contributed by atoms with Gasteiger partial charge >= 0.3 is 0 Å². The summed E-state index contributed by atoms with van der Waals surface area (Å²) in [4.78, 5) is 24.3. The van der Waals surface area contributed by atoms with Crippen LogP contribution in [0, 0.1) is 12.7 Å². The molecule has 1 aliphatic rings. The van der Waals surface area contributed by atoms with Crippen LogP contribution in [0.1, 0.15) is 11.1 Å². The quantitative estimate of drug-likeness (QED) is 0.442. The fourth-order valence-electron chi connectivity index (χ4n) is 4.54. The van der Waals surface area contributed by atoms with Gasteiger partial charge in [0.2, 0.25) is 5.91 Å². The number of halogens is 1. The van der Waals surface area contributed by atoms with E-state index in [1.807, 2.05) is 31.3 Å². The number of ether oxygens (including phenoxy) is 1. The molecule has 4 aromatic rings. The van der Waals surface area contributed by atoms with Gasteiger partial charge in [-0.15, -0.1) is 0 Å². The van der Waals surface area contributed by atoms with E-state index in [0.717, 1.165) is 29.7 Å². The van der Waals surface area contributed by atoms with E-state index < -0.39 is 11.9 Å². The molecule has 2 aromatic carbocycles. The first-order valence-electron chi connectivity index (χ1n) is 11.7. The maximum Gasteiger partial charge on any atom is 0.239 e. The molecule has 1 amide bonds. The molecule has 1 saturated heterocycles. The first-order chi connectivity index (χ1) is 17.0. The molecule has 1 unspecified atom stereocenters. The number of para-hydroxylation sites is 1. The van der Waals surface area contributed by atoms with E-state index >= 15 is 0 Å². The number of hydrogen-bond acceptors (Lipinski definition) is 5. The number of carbonyl (C=O) groups is 1. The summed E-state index contributed by atoms with van der Waals surface area (Å²) in [6, 6.07) is 15.9. The highest BCUT2D eigenvalue weighted by molar-refractivity contribution is 5.86. The Balaban J connectivity index is 1.21. The van der Waals surface area contributed by atoms with Gasteiger partial charge in [-0.05, 0) is 54.8 Å². The molecule has 3 N–H and O–H groups in total. The second-order valence-electron chi connectivity index (χ2n) is 8.83. The molecular weight excluding hydrogens is 445 g/mol. The summed E-state index contributed by atoms with van der Waals surface area (Å²) < 4.78 is 20.7. The number of nitrogens with one attached hydrogen (secondary N) is 1. The van der Waals surface area contributed by atoms with Gasteiger partial charge in [0.25, 0.3) is 0 Å². The summed E-state index contributed by atoms with van der Waals surface area (Å²) in [5.41, 5.74) is 9.69. The molecule has 0 saturated carbocycles. The van der Waals surface area contributed by atoms with Crippen LogP contribution in [0.4, 0.5) is 10.1 Å². The number of benzene rings is 2. The number of pyridine rings is 1. The van der Waals surface area contributed by atoms with Crippen LogP contribution in [0.2, 0.25) is 0 Å². The van der Waals surface area contributed by atoms with E-state index in [0.29, 0.717) is 30.0 Å². The summed E-state index contributed by atoms with van der Waals surface area (Å²) in [5.74, 6) is 0.0260. The number of nitrogens with two attached hydrogens (primary N) is 1. The number of aromatic amines is 1. The minimum absolute atomic E-state index is 0.110. The average molecular weight is 474 g/mol. The van der Waals surface area contributed by atoms with Crippen molar-refractivity contribution in [2.45, 2.75) is 19.4 Å². The van der Waals surface area contributed by atoms with E-state index in [1.54, 1.807) is 29.3 Å². The normalized spacial score (nSPS) is 14.8. The Hall–Kier alpha value is -3.91. The number of amides is 1. The highest BCUT2D eigenvalue weighted by Gasteiger charge is 2.26. The molecule has 180 valence electrons. The molecule has 1 aliphatic heterocycles. The zero-order valence-corrected chi connectivity index (χ0v) is 19.6. The molecule has 0 bridgehead atoms. The number of aromatic nitrogens is 2. The van der Waals surface area contributed by atoms with Crippen molar-refractivity contribution in [3.8, 4) is 11.5 Å². The molecule has 8 heteroatoms. The highest BCUT2D eigenvalue weighted by Crippen LogP contribution is 2.32. The van der Waals surface area contributed by atoms with Gasteiger partial charge < -0.3 is 25.3 Å². The maximum absolute atomic E-state index is 14.9. The molecule has 1 fully saturated rings. The van der Waals surface area contributed by atoms with Gasteiger partial charge in [-0.1, -0.05) is 24.3 Å². The zero-order chi connectivity index (χ0) is 24.4. The minimum atomic E-state index is -0.730. The van der Waals surface area contributed by atoms with Crippen LogP contribution in [0.25, 0.3) is 11.0 Å². The second kappa shape index (κ2) is 9.76. The van der Waals surface area contributed by atoms with Crippen LogP contribution in [-0.2, 0) is 11.2 Å². The lowest BCUT2D eigenvalue weighted by atomic mass is 10.0. The smallest absolute Gasteiger partial charge is 0.239 e. The van der Waals surface area contributed by atoms with Crippen molar-refractivity contribution < 1.29 is 13.9 Å². The fourth-order valence-corrected chi connectivity index (χ4v) is 4.54. The van der Waals surface area contributed by atoms with E-state index in [4.69, 9.17) is 10.5 Å². The van der Waals surface area contributed by atoms with E-state index in [-0.39, 0.29) is 18.1 Å². The van der Waals surface area contributed by atoms with Gasteiger partial charge in [0.05, 0.1) is 11.4 Å². The van der Waals surface area contributed by atoms with Gasteiger partial charge in [-0.3, -0.25) is 4.79 Å². The first kappa shape index (κ1) is 22.9. The molecule has 0 radical (unpaired) electrons. The number of rotatable bonds is 6. The third-order valence-electron chi connectivity index (χ3n) is 6.43. The van der Waals surface area contributed by atoms with Crippen LogP contribution in [0.5, 0.6) is 11.5 Å². The fraction of sp³-hybridized carbons (Fsp3) is 0.259. The van der Waals surface area contributed by atoms with Gasteiger partial charge in [-0.2, -0.15) is 0 Å². The van der Waals surface area contributed by atoms with Crippen molar-refractivity contribution >= 4 is 22.6 Å². The Labute approximate surface area is 203 Å². The molecule has 3 heterocycles. The van der Waals surface area contributed by atoms with Crippen LogP contribution < -0.4 is 15.4 Å². The van der Waals surface area contributed by atoms with Crippen molar-refractivity contribution in [3.63, 3.8) is 0 Å². The molecule has 35 heavy (non-hydrogen) atoms. The van der Waals surface area contributed by atoms with Gasteiger partial charge in [-0.25, -0.2) is 9.37 Å². The molecule has 5 rings (SSSR count).